The van der Waals surface area contributed by atoms with E-state index in [1.165, 1.54) is 19.3 Å². The van der Waals surface area contributed by atoms with Crippen LogP contribution in [0.5, 0.6) is 0 Å². The van der Waals surface area contributed by atoms with E-state index < -0.39 is 0 Å². The Morgan fingerprint density at radius 2 is 2.35 bits per heavy atom. The third-order valence-corrected chi connectivity index (χ3v) is 4.87. The summed E-state index contributed by atoms with van der Waals surface area (Å²) in [6.45, 7) is 6.37. The number of imidazole rings is 2. The Bertz CT molecular complexity index is 592. The summed E-state index contributed by atoms with van der Waals surface area (Å²) < 4.78 is 2.18. The first-order valence-corrected chi connectivity index (χ1v) is 9.03. The molecule has 1 unspecified atom stereocenters. The lowest BCUT2D eigenvalue weighted by Gasteiger charge is -2.32. The Balaban J connectivity index is 1.56. The van der Waals surface area contributed by atoms with Gasteiger partial charge in [0.15, 0.2) is 5.15 Å². The molecule has 3 heterocycles. The van der Waals surface area contributed by atoms with Crippen LogP contribution in [-0.4, -0.2) is 37.5 Å². The van der Waals surface area contributed by atoms with E-state index in [1.807, 2.05) is 18.7 Å². The molecule has 6 heteroatoms. The van der Waals surface area contributed by atoms with Crippen LogP contribution in [-0.2, 0) is 19.5 Å². The molecule has 1 N–H and O–H groups in total. The molecule has 0 saturated carbocycles. The fourth-order valence-electron chi connectivity index (χ4n) is 3.37. The number of likely N-dealkylation sites (tertiary alicyclic amines) is 1. The number of halogens is 1. The maximum atomic E-state index is 6.31. The summed E-state index contributed by atoms with van der Waals surface area (Å²) in [6, 6.07) is 0. The van der Waals surface area contributed by atoms with Crippen LogP contribution in [0.15, 0.2) is 18.7 Å². The van der Waals surface area contributed by atoms with Crippen LogP contribution in [0.3, 0.4) is 0 Å². The number of aromatic nitrogens is 4. The molecule has 0 aliphatic carbocycles. The molecule has 1 aliphatic heterocycles. The van der Waals surface area contributed by atoms with Gasteiger partial charge in [0.05, 0.1) is 12.0 Å². The number of nitrogens with one attached hydrogen (secondary N) is 1. The van der Waals surface area contributed by atoms with E-state index in [-0.39, 0.29) is 0 Å². The quantitative estimate of drug-likeness (QED) is 0.842. The van der Waals surface area contributed by atoms with Crippen molar-refractivity contribution >= 4 is 11.6 Å². The second-order valence-electron chi connectivity index (χ2n) is 6.56. The van der Waals surface area contributed by atoms with Gasteiger partial charge in [-0.3, -0.25) is 4.90 Å². The van der Waals surface area contributed by atoms with Gasteiger partial charge in [0.25, 0.3) is 0 Å². The van der Waals surface area contributed by atoms with Crippen molar-refractivity contribution in [2.45, 2.75) is 52.1 Å². The SMILES string of the molecule is CCCCc1nc(Cl)c(CN2CCCC(Cn3ccnc3)C2)[nH]1. The number of hydrogen-bond acceptors (Lipinski definition) is 3. The van der Waals surface area contributed by atoms with Gasteiger partial charge in [-0.05, 0) is 31.7 Å². The fourth-order valence-corrected chi connectivity index (χ4v) is 3.58. The lowest BCUT2D eigenvalue weighted by atomic mass is 9.98. The largest absolute Gasteiger partial charge is 0.344 e. The molecule has 1 saturated heterocycles. The van der Waals surface area contributed by atoms with Crippen molar-refractivity contribution in [1.82, 2.24) is 24.4 Å². The second-order valence-corrected chi connectivity index (χ2v) is 6.92. The summed E-state index contributed by atoms with van der Waals surface area (Å²) in [4.78, 5) is 14.5. The van der Waals surface area contributed by atoms with Gasteiger partial charge in [-0.15, -0.1) is 0 Å². The molecule has 0 radical (unpaired) electrons. The van der Waals surface area contributed by atoms with E-state index in [2.05, 4.69) is 31.3 Å². The zero-order valence-corrected chi connectivity index (χ0v) is 14.6. The van der Waals surface area contributed by atoms with Crippen LogP contribution < -0.4 is 0 Å². The average Bonchev–Trinajstić information content (AvgIpc) is 3.16. The minimum Gasteiger partial charge on any atom is -0.344 e. The van der Waals surface area contributed by atoms with E-state index in [1.54, 1.807) is 0 Å². The van der Waals surface area contributed by atoms with Gasteiger partial charge in [0, 0.05) is 38.4 Å². The van der Waals surface area contributed by atoms with Crippen molar-refractivity contribution in [2.75, 3.05) is 13.1 Å². The second kappa shape index (κ2) is 7.97. The average molecular weight is 336 g/mol. The molecule has 0 bridgehead atoms. The predicted molar refractivity (Wildman–Crippen MR) is 92.4 cm³/mol. The molecule has 0 aromatic carbocycles. The van der Waals surface area contributed by atoms with Gasteiger partial charge in [-0.25, -0.2) is 9.97 Å². The number of unbranched alkanes of at least 4 members (excludes halogenated alkanes) is 1. The van der Waals surface area contributed by atoms with Crippen LogP contribution >= 0.6 is 11.6 Å². The number of aryl methyl sites for hydroxylation is 1. The first-order valence-electron chi connectivity index (χ1n) is 8.66. The first kappa shape index (κ1) is 16.5. The Labute approximate surface area is 143 Å². The summed E-state index contributed by atoms with van der Waals surface area (Å²) in [5, 5.41) is 0.646. The van der Waals surface area contributed by atoms with Crippen LogP contribution in [0, 0.1) is 5.92 Å². The molecular formula is C17H26ClN5. The number of nitrogens with zero attached hydrogens (tertiary/aromatic N) is 4. The Hall–Kier alpha value is -1.33. The molecule has 1 atom stereocenters. The number of H-pyrrole nitrogens is 1. The van der Waals surface area contributed by atoms with E-state index in [9.17, 15) is 0 Å². The normalized spacial score (nSPS) is 19.3. The summed E-state index contributed by atoms with van der Waals surface area (Å²) in [5.74, 6) is 1.71. The van der Waals surface area contributed by atoms with Crippen molar-refractivity contribution < 1.29 is 0 Å². The minimum atomic E-state index is 0.646. The lowest BCUT2D eigenvalue weighted by molar-refractivity contribution is 0.154. The van der Waals surface area contributed by atoms with Crippen molar-refractivity contribution in [2.24, 2.45) is 5.92 Å². The Morgan fingerprint density at radius 1 is 1.43 bits per heavy atom. The Morgan fingerprint density at radius 3 is 3.13 bits per heavy atom. The summed E-state index contributed by atoms with van der Waals surface area (Å²) in [7, 11) is 0. The summed E-state index contributed by atoms with van der Waals surface area (Å²) >= 11 is 6.31. The highest BCUT2D eigenvalue weighted by molar-refractivity contribution is 6.30. The van der Waals surface area contributed by atoms with E-state index in [0.717, 1.165) is 50.5 Å². The maximum absolute atomic E-state index is 6.31. The molecule has 5 nitrogen and oxygen atoms in total. The Kier molecular flexibility index (Phi) is 5.73. The highest BCUT2D eigenvalue weighted by Crippen LogP contribution is 2.22. The molecule has 2 aromatic rings. The molecule has 1 aliphatic rings. The summed E-state index contributed by atoms with van der Waals surface area (Å²) in [6.07, 6.45) is 11.6. The third-order valence-electron chi connectivity index (χ3n) is 4.56. The van der Waals surface area contributed by atoms with E-state index in [0.29, 0.717) is 11.1 Å². The highest BCUT2D eigenvalue weighted by atomic mass is 35.5. The molecule has 1 fully saturated rings. The monoisotopic (exact) mass is 335 g/mol. The topological polar surface area (TPSA) is 49.7 Å². The van der Waals surface area contributed by atoms with Crippen LogP contribution in [0.2, 0.25) is 5.15 Å². The van der Waals surface area contributed by atoms with Gasteiger partial charge in [0.2, 0.25) is 0 Å². The van der Waals surface area contributed by atoms with Gasteiger partial charge in [-0.2, -0.15) is 0 Å². The van der Waals surface area contributed by atoms with Crippen LogP contribution in [0.4, 0.5) is 0 Å². The first-order chi connectivity index (χ1) is 11.2. The molecular weight excluding hydrogens is 310 g/mol. The molecule has 3 rings (SSSR count). The van der Waals surface area contributed by atoms with Crippen LogP contribution in [0.25, 0.3) is 0 Å². The maximum Gasteiger partial charge on any atom is 0.151 e. The molecule has 126 valence electrons. The molecule has 23 heavy (non-hydrogen) atoms. The number of aromatic amines is 1. The summed E-state index contributed by atoms with van der Waals surface area (Å²) in [5.41, 5.74) is 1.07. The number of piperidine rings is 1. The lowest BCUT2D eigenvalue weighted by Crippen LogP contribution is -2.36. The van der Waals surface area contributed by atoms with Crippen molar-refractivity contribution in [3.63, 3.8) is 0 Å². The van der Waals surface area contributed by atoms with Gasteiger partial charge < -0.3 is 9.55 Å². The zero-order valence-electron chi connectivity index (χ0n) is 13.8. The smallest absolute Gasteiger partial charge is 0.151 e. The molecule has 0 amide bonds. The minimum absolute atomic E-state index is 0.646. The fraction of sp³-hybridized carbons (Fsp3) is 0.647. The third kappa shape index (κ3) is 4.58. The van der Waals surface area contributed by atoms with Gasteiger partial charge >= 0.3 is 0 Å². The van der Waals surface area contributed by atoms with E-state index >= 15 is 0 Å². The van der Waals surface area contributed by atoms with Crippen molar-refractivity contribution in [3.05, 3.63) is 35.4 Å². The van der Waals surface area contributed by atoms with Crippen LogP contribution in [0.1, 0.15) is 44.1 Å². The van der Waals surface area contributed by atoms with Gasteiger partial charge in [-0.1, -0.05) is 24.9 Å². The van der Waals surface area contributed by atoms with Gasteiger partial charge in [0.1, 0.15) is 5.82 Å². The molecule has 0 spiro atoms. The highest BCUT2D eigenvalue weighted by Gasteiger charge is 2.22. The van der Waals surface area contributed by atoms with E-state index in [4.69, 9.17) is 11.6 Å². The number of rotatable bonds is 7. The van der Waals surface area contributed by atoms with Crippen molar-refractivity contribution in [3.8, 4) is 0 Å². The predicted octanol–water partition coefficient (Wildman–Crippen LogP) is 3.51. The molecule has 2 aromatic heterocycles. The van der Waals surface area contributed by atoms with Crippen molar-refractivity contribution in [1.29, 1.82) is 0 Å². The standard InChI is InChI=1S/C17H26ClN5/c1-2-3-6-16-20-15(17(18)21-16)12-22-8-4-5-14(10-22)11-23-9-7-19-13-23/h7,9,13-14H,2-6,8,10-12H2,1H3,(H,20,21). The number of hydrogen-bond donors (Lipinski definition) is 1. The zero-order chi connectivity index (χ0) is 16.1.